The first-order valence-electron chi connectivity index (χ1n) is 21.0. The van der Waals surface area contributed by atoms with Crippen LogP contribution in [0.1, 0.15) is 16.7 Å². The maximum Gasteiger partial charge on any atom is 0.0542 e. The number of fused-ring (bicyclic) bond motifs is 6. The zero-order chi connectivity index (χ0) is 41.0. The second kappa shape index (κ2) is 14.8. The third-order valence-corrected chi connectivity index (χ3v) is 12.2. The molecule has 0 aliphatic carbocycles. The number of hydrogen-bond acceptors (Lipinski definition) is 2. The van der Waals surface area contributed by atoms with E-state index in [9.17, 15) is 0 Å². The Bertz CT molecular complexity index is 3160. The van der Waals surface area contributed by atoms with E-state index in [2.05, 4.69) is 252 Å². The van der Waals surface area contributed by atoms with E-state index in [1.165, 1.54) is 71.7 Å². The van der Waals surface area contributed by atoms with Gasteiger partial charge in [-0.3, -0.25) is 0 Å². The van der Waals surface area contributed by atoms with Gasteiger partial charge in [-0.05, 0) is 135 Å². The van der Waals surface area contributed by atoms with Gasteiger partial charge in [-0.15, -0.1) is 0 Å². The molecular weight excluding hydrogens is 741 g/mol. The highest BCUT2D eigenvalue weighted by molar-refractivity contribution is 6.12. The zero-order valence-electron chi connectivity index (χ0n) is 34.5. The third-order valence-electron chi connectivity index (χ3n) is 12.2. The van der Waals surface area contributed by atoms with Crippen LogP contribution >= 0.6 is 0 Å². The summed E-state index contributed by atoms with van der Waals surface area (Å²) in [7, 11) is 0. The molecule has 0 amide bonds. The molecule has 9 aromatic carbocycles. The SMILES string of the molecule is Cc1cc(C)c(N(c2ccccc2)c2ccc3c(c2)c2ccccc2n3-c2ccccc2)c(C)c1N(c1ccccc1)c1ccc2c(c1)c1ccccc1n2-c1ccccc1. The summed E-state index contributed by atoms with van der Waals surface area (Å²) in [5.41, 5.74) is 17.4. The first-order chi connectivity index (χ1) is 30.0. The predicted octanol–water partition coefficient (Wildman–Crippen LogP) is 15.7. The van der Waals surface area contributed by atoms with Crippen LogP contribution < -0.4 is 9.80 Å². The fourth-order valence-corrected chi connectivity index (χ4v) is 9.73. The van der Waals surface area contributed by atoms with Crippen LogP contribution in [0, 0.1) is 20.8 Å². The number of benzene rings is 9. The van der Waals surface area contributed by atoms with Crippen LogP contribution in [-0.2, 0) is 0 Å². The van der Waals surface area contributed by atoms with Crippen molar-refractivity contribution in [2.75, 3.05) is 9.80 Å². The van der Waals surface area contributed by atoms with Crippen molar-refractivity contribution in [3.05, 3.63) is 229 Å². The summed E-state index contributed by atoms with van der Waals surface area (Å²) in [6, 6.07) is 76.8. The Labute approximate surface area is 356 Å². The van der Waals surface area contributed by atoms with Crippen molar-refractivity contribution in [3.63, 3.8) is 0 Å². The number of rotatable bonds is 8. The Morgan fingerprint density at radius 3 is 1.05 bits per heavy atom. The Balaban J connectivity index is 1.14. The lowest BCUT2D eigenvalue weighted by Gasteiger charge is -2.34. The van der Waals surface area contributed by atoms with Crippen LogP contribution in [0.25, 0.3) is 55.0 Å². The molecule has 11 rings (SSSR count). The average molecular weight is 785 g/mol. The van der Waals surface area contributed by atoms with Gasteiger partial charge in [0.1, 0.15) is 0 Å². The highest BCUT2D eigenvalue weighted by Gasteiger charge is 2.26. The summed E-state index contributed by atoms with van der Waals surface area (Å²) < 4.78 is 4.77. The Hall–Kier alpha value is -7.82. The molecule has 0 spiro atoms. The molecule has 0 bridgehead atoms. The molecule has 11 aromatic rings. The molecule has 4 heteroatoms. The monoisotopic (exact) mass is 784 g/mol. The number of aryl methyl sites for hydroxylation is 2. The van der Waals surface area contributed by atoms with Crippen molar-refractivity contribution in [2.24, 2.45) is 0 Å². The van der Waals surface area contributed by atoms with E-state index in [1.807, 2.05) is 0 Å². The highest BCUT2D eigenvalue weighted by atomic mass is 15.2. The maximum absolute atomic E-state index is 2.46. The molecule has 2 heterocycles. The first kappa shape index (κ1) is 36.3. The van der Waals surface area contributed by atoms with E-state index in [4.69, 9.17) is 0 Å². The summed E-state index contributed by atoms with van der Waals surface area (Å²) in [6.45, 7) is 6.81. The topological polar surface area (TPSA) is 16.3 Å². The minimum Gasteiger partial charge on any atom is -0.310 e. The second-order valence-corrected chi connectivity index (χ2v) is 16.0. The minimum absolute atomic E-state index is 1.11. The standard InChI is InChI=1S/C57H44N4/c1-39-36-40(2)57(59(43-22-10-5-11-23-43)47-33-35-55-51(38-47)49-29-17-19-31-53(49)61(55)45-26-14-7-15-27-45)41(3)56(39)58(42-20-8-4-9-21-42)46-32-34-54-50(37-46)48-28-16-18-30-52(48)60(54)44-24-12-6-13-25-44/h4-38H,1-3H3. The molecule has 0 radical (unpaired) electrons. The minimum atomic E-state index is 1.11. The second-order valence-electron chi connectivity index (χ2n) is 16.0. The molecule has 61 heavy (non-hydrogen) atoms. The van der Waals surface area contributed by atoms with Gasteiger partial charge in [0, 0.05) is 55.7 Å². The number of anilines is 6. The summed E-state index contributed by atoms with van der Waals surface area (Å²) >= 11 is 0. The van der Waals surface area contributed by atoms with Crippen LogP contribution in [0.4, 0.5) is 34.1 Å². The first-order valence-corrected chi connectivity index (χ1v) is 21.0. The van der Waals surface area contributed by atoms with Crippen LogP contribution in [0.5, 0.6) is 0 Å². The van der Waals surface area contributed by atoms with Crippen molar-refractivity contribution in [1.29, 1.82) is 0 Å². The van der Waals surface area contributed by atoms with E-state index in [0.29, 0.717) is 0 Å². The number of hydrogen-bond donors (Lipinski definition) is 0. The quantitative estimate of drug-likeness (QED) is 0.153. The van der Waals surface area contributed by atoms with Gasteiger partial charge in [-0.1, -0.05) is 115 Å². The van der Waals surface area contributed by atoms with E-state index in [0.717, 1.165) is 34.1 Å². The van der Waals surface area contributed by atoms with Crippen LogP contribution in [0.2, 0.25) is 0 Å². The van der Waals surface area contributed by atoms with Crippen molar-refractivity contribution < 1.29 is 0 Å². The number of para-hydroxylation sites is 6. The van der Waals surface area contributed by atoms with E-state index >= 15 is 0 Å². The molecule has 0 saturated carbocycles. The Morgan fingerprint density at radius 1 is 0.295 bits per heavy atom. The molecule has 0 fully saturated rings. The smallest absolute Gasteiger partial charge is 0.0542 e. The lowest BCUT2D eigenvalue weighted by Crippen LogP contribution is -2.18. The molecule has 0 saturated heterocycles. The normalized spacial score (nSPS) is 11.5. The molecule has 4 nitrogen and oxygen atoms in total. The predicted molar refractivity (Wildman–Crippen MR) is 259 cm³/mol. The van der Waals surface area contributed by atoms with E-state index in [-0.39, 0.29) is 0 Å². The van der Waals surface area contributed by atoms with Gasteiger partial charge >= 0.3 is 0 Å². The van der Waals surface area contributed by atoms with Gasteiger partial charge in [0.15, 0.2) is 0 Å². The van der Waals surface area contributed by atoms with Crippen molar-refractivity contribution in [3.8, 4) is 11.4 Å². The van der Waals surface area contributed by atoms with Crippen LogP contribution in [0.3, 0.4) is 0 Å². The summed E-state index contributed by atoms with van der Waals surface area (Å²) in [5, 5.41) is 4.89. The fourth-order valence-electron chi connectivity index (χ4n) is 9.73. The third kappa shape index (κ3) is 5.98. The van der Waals surface area contributed by atoms with Crippen molar-refractivity contribution in [2.45, 2.75) is 20.8 Å². The molecule has 0 N–H and O–H groups in total. The summed E-state index contributed by atoms with van der Waals surface area (Å²) in [6.07, 6.45) is 0. The number of nitrogens with zero attached hydrogens (tertiary/aromatic N) is 4. The maximum atomic E-state index is 2.46. The molecule has 0 atom stereocenters. The van der Waals surface area contributed by atoms with Gasteiger partial charge in [0.05, 0.1) is 33.4 Å². The van der Waals surface area contributed by atoms with Gasteiger partial charge < -0.3 is 18.9 Å². The molecular formula is C57H44N4. The largest absolute Gasteiger partial charge is 0.310 e. The van der Waals surface area contributed by atoms with Crippen molar-refractivity contribution in [1.82, 2.24) is 9.13 Å². The van der Waals surface area contributed by atoms with Crippen LogP contribution in [-0.4, -0.2) is 9.13 Å². The van der Waals surface area contributed by atoms with Gasteiger partial charge in [-0.25, -0.2) is 0 Å². The average Bonchev–Trinajstić information content (AvgIpc) is 3.82. The van der Waals surface area contributed by atoms with E-state index in [1.54, 1.807) is 0 Å². The summed E-state index contributed by atoms with van der Waals surface area (Å²) in [5.74, 6) is 0. The molecule has 292 valence electrons. The molecule has 0 aliphatic rings. The molecule has 0 aliphatic heterocycles. The Morgan fingerprint density at radius 2 is 0.639 bits per heavy atom. The van der Waals surface area contributed by atoms with Crippen LogP contribution in [0.15, 0.2) is 212 Å². The highest BCUT2D eigenvalue weighted by Crippen LogP contribution is 2.48. The fraction of sp³-hybridized carbons (Fsp3) is 0.0526. The lowest BCUT2D eigenvalue weighted by atomic mass is 9.97. The zero-order valence-corrected chi connectivity index (χ0v) is 34.5. The molecule has 0 unspecified atom stereocenters. The van der Waals surface area contributed by atoms with Crippen molar-refractivity contribution >= 4 is 77.7 Å². The molecule has 2 aromatic heterocycles. The lowest BCUT2D eigenvalue weighted by molar-refractivity contribution is 1.16. The van der Waals surface area contributed by atoms with E-state index < -0.39 is 0 Å². The summed E-state index contributed by atoms with van der Waals surface area (Å²) in [4.78, 5) is 4.92. The van der Waals surface area contributed by atoms with Gasteiger partial charge in [-0.2, -0.15) is 0 Å². The van der Waals surface area contributed by atoms with Gasteiger partial charge in [0.2, 0.25) is 0 Å². The van der Waals surface area contributed by atoms with Gasteiger partial charge in [0.25, 0.3) is 0 Å². The number of aromatic nitrogens is 2. The Kier molecular flexibility index (Phi) is 8.79.